The average Bonchev–Trinajstić information content (AvgIpc) is 2.75. The van der Waals surface area contributed by atoms with Gasteiger partial charge >= 0.3 is 0 Å². The number of halogens is 3. The lowest BCUT2D eigenvalue weighted by molar-refractivity contribution is -0.0394. The molecule has 9 nitrogen and oxygen atoms in total. The van der Waals surface area contributed by atoms with Crippen LogP contribution in [0.1, 0.15) is 16.8 Å². The summed E-state index contributed by atoms with van der Waals surface area (Å²) in [4.78, 5) is 22.9. The van der Waals surface area contributed by atoms with Crippen molar-refractivity contribution in [3.8, 4) is 0 Å². The Bertz CT molecular complexity index is 1350. The number of fused-ring (bicyclic) bond motifs is 1. The van der Waals surface area contributed by atoms with E-state index in [1.165, 1.54) is 23.2 Å². The molecule has 0 aliphatic carbocycles. The number of primary sulfonamides is 1. The number of carbonyl (C=O) groups is 1. The third-order valence-corrected chi connectivity index (χ3v) is 6.42. The maximum absolute atomic E-state index is 13.9. The highest BCUT2D eigenvalue weighted by Gasteiger charge is 2.42. The van der Waals surface area contributed by atoms with E-state index in [2.05, 4.69) is 15.3 Å². The fraction of sp³-hybridized carbons (Fsp3) is 0.250. The third kappa shape index (κ3) is 4.74. The van der Waals surface area contributed by atoms with Gasteiger partial charge in [0, 0.05) is 47.9 Å². The van der Waals surface area contributed by atoms with Crippen LogP contribution in [-0.2, 0) is 10.0 Å². The van der Waals surface area contributed by atoms with Gasteiger partial charge in [-0.25, -0.2) is 32.3 Å². The van der Waals surface area contributed by atoms with Crippen LogP contribution >= 0.6 is 11.6 Å². The molecule has 1 amide bonds. The van der Waals surface area contributed by atoms with Gasteiger partial charge in [-0.3, -0.25) is 4.79 Å². The van der Waals surface area contributed by atoms with Crippen LogP contribution in [0.15, 0.2) is 47.6 Å². The van der Waals surface area contributed by atoms with Gasteiger partial charge in [0.25, 0.3) is 21.9 Å². The molecule has 4 rings (SSSR count). The molecule has 1 fully saturated rings. The predicted molar refractivity (Wildman–Crippen MR) is 120 cm³/mol. The maximum atomic E-state index is 13.9. The zero-order chi connectivity index (χ0) is 24.0. The molecular formula is C20H19ClF2N6O3S. The number of aromatic nitrogens is 2. The van der Waals surface area contributed by atoms with Gasteiger partial charge in [-0.15, -0.1) is 0 Å². The lowest BCUT2D eigenvalue weighted by atomic mass is 10.0. The van der Waals surface area contributed by atoms with Crippen molar-refractivity contribution >= 4 is 49.9 Å². The molecule has 1 unspecified atom stereocenters. The van der Waals surface area contributed by atoms with Gasteiger partial charge in [-0.05, 0) is 24.3 Å². The second kappa shape index (κ2) is 8.45. The molecule has 5 N–H and O–H groups in total. The first-order valence-electron chi connectivity index (χ1n) is 9.73. The summed E-state index contributed by atoms with van der Waals surface area (Å²) in [5, 5.41) is 8.08. The van der Waals surface area contributed by atoms with Crippen LogP contribution in [0, 0.1) is 0 Å². The highest BCUT2D eigenvalue weighted by atomic mass is 35.5. The summed E-state index contributed by atoms with van der Waals surface area (Å²) in [6.45, 7) is -0.276. The van der Waals surface area contributed by atoms with Gasteiger partial charge in [0.1, 0.15) is 5.82 Å². The molecule has 0 saturated carbocycles. The second-order valence-corrected chi connectivity index (χ2v) is 9.53. The SMILES string of the molecule is NC1CN(c2nc3cccc(Cl)c3cc2C(=O)Nc2ccnc(S(N)(=O)=O)c2)CCC1(F)F. The highest BCUT2D eigenvalue weighted by Crippen LogP contribution is 2.33. The quantitative estimate of drug-likeness (QED) is 0.502. The van der Waals surface area contributed by atoms with E-state index in [-0.39, 0.29) is 30.2 Å². The lowest BCUT2D eigenvalue weighted by Gasteiger charge is -2.37. The van der Waals surface area contributed by atoms with Gasteiger partial charge in [-0.2, -0.15) is 0 Å². The number of alkyl halides is 2. The van der Waals surface area contributed by atoms with E-state index in [4.69, 9.17) is 22.5 Å². The fourth-order valence-corrected chi connectivity index (χ4v) is 4.25. The molecule has 2 aromatic heterocycles. The molecular weight excluding hydrogens is 478 g/mol. The maximum Gasteiger partial charge on any atom is 0.266 e. The number of piperidine rings is 1. The minimum atomic E-state index is -4.09. The highest BCUT2D eigenvalue weighted by molar-refractivity contribution is 7.89. The van der Waals surface area contributed by atoms with Crippen LogP contribution in [0.5, 0.6) is 0 Å². The van der Waals surface area contributed by atoms with Gasteiger partial charge in [0.05, 0.1) is 17.1 Å². The molecule has 1 atom stereocenters. The third-order valence-electron chi connectivity index (χ3n) is 5.29. The number of rotatable bonds is 4. The molecule has 1 aliphatic rings. The number of nitrogens with two attached hydrogens (primary N) is 2. The normalized spacial score (nSPS) is 18.3. The van der Waals surface area contributed by atoms with Gasteiger partial charge < -0.3 is 16.0 Å². The Morgan fingerprint density at radius 3 is 2.73 bits per heavy atom. The first kappa shape index (κ1) is 23.2. The van der Waals surface area contributed by atoms with Crippen molar-refractivity contribution in [3.63, 3.8) is 0 Å². The molecule has 3 heterocycles. The van der Waals surface area contributed by atoms with Crippen molar-refractivity contribution in [1.82, 2.24) is 9.97 Å². The molecule has 1 aromatic carbocycles. The Morgan fingerprint density at radius 1 is 1.27 bits per heavy atom. The molecule has 0 spiro atoms. The summed E-state index contributed by atoms with van der Waals surface area (Å²) in [5.74, 6) is -3.52. The Hall–Kier alpha value is -2.93. The number of hydrogen-bond donors (Lipinski definition) is 3. The van der Waals surface area contributed by atoms with Crippen molar-refractivity contribution in [2.24, 2.45) is 10.9 Å². The molecule has 3 aromatic rings. The lowest BCUT2D eigenvalue weighted by Crippen LogP contribution is -2.55. The van der Waals surface area contributed by atoms with E-state index in [0.717, 1.165) is 6.07 Å². The largest absolute Gasteiger partial charge is 0.354 e. The van der Waals surface area contributed by atoms with Crippen molar-refractivity contribution in [2.45, 2.75) is 23.4 Å². The topological polar surface area (TPSA) is 144 Å². The Labute approximate surface area is 192 Å². The molecule has 0 radical (unpaired) electrons. The number of hydrogen-bond acceptors (Lipinski definition) is 7. The minimum Gasteiger partial charge on any atom is -0.354 e. The fourth-order valence-electron chi connectivity index (χ4n) is 3.52. The Kier molecular flexibility index (Phi) is 5.95. The van der Waals surface area contributed by atoms with Crippen LogP contribution < -0.4 is 21.1 Å². The average molecular weight is 497 g/mol. The van der Waals surface area contributed by atoms with Crippen LogP contribution in [0.3, 0.4) is 0 Å². The summed E-state index contributed by atoms with van der Waals surface area (Å²) < 4.78 is 51.0. The number of carbonyl (C=O) groups excluding carboxylic acids is 1. The molecule has 1 saturated heterocycles. The Balaban J connectivity index is 1.76. The van der Waals surface area contributed by atoms with E-state index < -0.39 is 39.3 Å². The van der Waals surface area contributed by atoms with E-state index in [1.54, 1.807) is 18.2 Å². The summed E-state index contributed by atoms with van der Waals surface area (Å²) in [6.07, 6.45) is 0.685. The van der Waals surface area contributed by atoms with Crippen LogP contribution in [-0.4, -0.2) is 49.3 Å². The van der Waals surface area contributed by atoms with Crippen LogP contribution in [0.2, 0.25) is 5.02 Å². The number of benzene rings is 1. The van der Waals surface area contributed by atoms with Crippen molar-refractivity contribution in [1.29, 1.82) is 0 Å². The molecule has 0 bridgehead atoms. The Morgan fingerprint density at radius 2 is 2.03 bits per heavy atom. The summed E-state index contributed by atoms with van der Waals surface area (Å²) in [7, 11) is -4.09. The van der Waals surface area contributed by atoms with Crippen molar-refractivity contribution in [3.05, 3.63) is 53.2 Å². The zero-order valence-electron chi connectivity index (χ0n) is 17.0. The van der Waals surface area contributed by atoms with Gasteiger partial charge in [0.15, 0.2) is 5.03 Å². The minimum absolute atomic E-state index is 0.0574. The number of anilines is 2. The molecule has 13 heteroatoms. The standard InChI is InChI=1S/C20H19ClF2N6O3S/c21-14-2-1-3-15-12(14)9-13(18(28-15)29-7-5-20(22,23)16(24)10-29)19(30)27-11-4-6-26-17(8-11)33(25,31)32/h1-4,6,8-9,16H,5,7,10,24H2,(H2,25,31,32)(H,26,27,30). The van der Waals surface area contributed by atoms with E-state index in [9.17, 15) is 22.0 Å². The van der Waals surface area contributed by atoms with Crippen molar-refractivity contribution in [2.75, 3.05) is 23.3 Å². The monoisotopic (exact) mass is 496 g/mol. The number of amides is 1. The van der Waals surface area contributed by atoms with Crippen LogP contribution in [0.4, 0.5) is 20.3 Å². The number of sulfonamides is 1. The number of pyridine rings is 2. The van der Waals surface area contributed by atoms with E-state index >= 15 is 0 Å². The van der Waals surface area contributed by atoms with Crippen molar-refractivity contribution < 1.29 is 22.0 Å². The summed E-state index contributed by atoms with van der Waals surface area (Å²) in [6, 6.07) is 7.56. The van der Waals surface area contributed by atoms with Gasteiger partial charge in [0.2, 0.25) is 0 Å². The van der Waals surface area contributed by atoms with E-state index in [0.29, 0.717) is 15.9 Å². The molecule has 1 aliphatic heterocycles. The van der Waals surface area contributed by atoms with Gasteiger partial charge in [-0.1, -0.05) is 17.7 Å². The summed E-state index contributed by atoms with van der Waals surface area (Å²) in [5.41, 5.74) is 6.31. The zero-order valence-corrected chi connectivity index (χ0v) is 18.6. The first-order valence-corrected chi connectivity index (χ1v) is 11.7. The molecule has 33 heavy (non-hydrogen) atoms. The second-order valence-electron chi connectivity index (χ2n) is 7.61. The first-order chi connectivity index (χ1) is 15.5. The van der Waals surface area contributed by atoms with E-state index in [1.807, 2.05) is 0 Å². The molecule has 174 valence electrons. The van der Waals surface area contributed by atoms with Crippen LogP contribution in [0.25, 0.3) is 10.9 Å². The number of nitrogens with zero attached hydrogens (tertiary/aromatic N) is 3. The predicted octanol–water partition coefficient (Wildman–Crippen LogP) is 2.36. The number of nitrogens with one attached hydrogen (secondary N) is 1. The summed E-state index contributed by atoms with van der Waals surface area (Å²) >= 11 is 6.27. The smallest absolute Gasteiger partial charge is 0.266 e.